The predicted molar refractivity (Wildman–Crippen MR) is 285 cm³/mol. The number of rotatable bonds is 30. The molecular weight excluding hydrogens is 963 g/mol. The molecule has 1 saturated carbocycles. The molecule has 3 N–H and O–H groups in total. The fraction of sp³-hybridized carbons (Fsp3) is 0.780. The summed E-state index contributed by atoms with van der Waals surface area (Å²) in [6.07, 6.45) is 16.9. The van der Waals surface area contributed by atoms with Crippen molar-refractivity contribution in [2.24, 2.45) is 35.5 Å². The molecule has 0 aromatic rings. The molecule has 1 unspecified atom stereocenters. The molecular formula is C59H95NO15. The topological polar surface area (TPSA) is 214 Å². The highest BCUT2D eigenvalue weighted by Crippen LogP contribution is 2.36. The van der Waals surface area contributed by atoms with Gasteiger partial charge < -0.3 is 53.4 Å². The molecule has 0 bridgehead atoms. The zero-order valence-corrected chi connectivity index (χ0v) is 47.1. The SMILES string of the molecule is CO[C@@H]1C[C@H](C[C@@H](C)[C@H](C)OC(=O)[C@@H]2CCCCN2C(=O)C(=O)[C@@]2(O)CCC[C@@H](CC(OCC3CCOCC3)/C(C)=C/C=C/C=C/[C@@H](C)C[C@@H](C)C(=O)[C@H](OC)[C@H](O)/C(C)=C/[C@@H](C)C(C)=O)O2)CC[C@H]1OCCCO. The summed E-state index contributed by atoms with van der Waals surface area (Å²) in [7, 11) is 3.10. The summed E-state index contributed by atoms with van der Waals surface area (Å²) in [4.78, 5) is 68.5. The highest BCUT2D eigenvalue weighted by molar-refractivity contribution is 6.39. The molecule has 426 valence electrons. The molecule has 3 saturated heterocycles. The van der Waals surface area contributed by atoms with E-state index >= 15 is 0 Å². The first-order valence-electron chi connectivity index (χ1n) is 28.1. The number of ether oxygens (including phenoxy) is 7. The molecule has 1 amide bonds. The lowest BCUT2D eigenvalue weighted by atomic mass is 9.79. The Balaban J connectivity index is 1.36. The summed E-state index contributed by atoms with van der Waals surface area (Å²) < 4.78 is 41.6. The minimum atomic E-state index is -2.36. The van der Waals surface area contributed by atoms with Gasteiger partial charge in [-0.2, -0.15) is 0 Å². The third-order valence-electron chi connectivity index (χ3n) is 16.1. The van der Waals surface area contributed by atoms with Crippen LogP contribution in [0.15, 0.2) is 47.6 Å². The Hall–Kier alpha value is -3.45. The van der Waals surface area contributed by atoms with Crippen LogP contribution in [0.4, 0.5) is 0 Å². The quantitative estimate of drug-likeness (QED) is 0.0206. The van der Waals surface area contributed by atoms with Gasteiger partial charge in [0.2, 0.25) is 5.79 Å². The van der Waals surface area contributed by atoms with Crippen LogP contribution in [-0.2, 0) is 57.1 Å². The second-order valence-corrected chi connectivity index (χ2v) is 22.3. The van der Waals surface area contributed by atoms with E-state index < -0.39 is 65.9 Å². The Kier molecular flexibility index (Phi) is 27.7. The van der Waals surface area contributed by atoms with Crippen molar-refractivity contribution in [2.75, 3.05) is 53.8 Å². The molecule has 3 aliphatic heterocycles. The molecule has 0 radical (unpaired) electrons. The van der Waals surface area contributed by atoms with E-state index in [0.29, 0.717) is 95.2 Å². The van der Waals surface area contributed by atoms with Crippen molar-refractivity contribution in [3.05, 3.63) is 47.6 Å². The van der Waals surface area contributed by atoms with Gasteiger partial charge in [-0.1, -0.05) is 64.2 Å². The first kappa shape index (κ1) is 64.1. The van der Waals surface area contributed by atoms with Crippen LogP contribution in [0.25, 0.3) is 0 Å². The van der Waals surface area contributed by atoms with Crippen molar-refractivity contribution >= 4 is 29.2 Å². The molecule has 1 aliphatic carbocycles. The highest BCUT2D eigenvalue weighted by atomic mass is 16.6. The summed E-state index contributed by atoms with van der Waals surface area (Å²) >= 11 is 0. The molecule has 4 aliphatic rings. The van der Waals surface area contributed by atoms with Crippen molar-refractivity contribution in [1.82, 2.24) is 4.90 Å². The van der Waals surface area contributed by atoms with Crippen LogP contribution in [0.5, 0.6) is 0 Å². The summed E-state index contributed by atoms with van der Waals surface area (Å²) in [5.41, 5.74) is 1.43. The average molecular weight is 1060 g/mol. The Morgan fingerprint density at radius 3 is 2.25 bits per heavy atom. The van der Waals surface area contributed by atoms with Crippen LogP contribution >= 0.6 is 0 Å². The predicted octanol–water partition coefficient (Wildman–Crippen LogP) is 7.77. The number of hydrogen-bond donors (Lipinski definition) is 3. The van der Waals surface area contributed by atoms with Crippen molar-refractivity contribution in [3.8, 4) is 0 Å². The van der Waals surface area contributed by atoms with Gasteiger partial charge in [-0.3, -0.25) is 19.2 Å². The molecule has 4 rings (SSSR count). The second kappa shape index (κ2) is 32.5. The van der Waals surface area contributed by atoms with E-state index in [4.69, 9.17) is 38.3 Å². The van der Waals surface area contributed by atoms with Gasteiger partial charge in [0.15, 0.2) is 5.78 Å². The summed E-state index contributed by atoms with van der Waals surface area (Å²) in [5, 5.41) is 31.9. The third kappa shape index (κ3) is 20.1. The smallest absolute Gasteiger partial charge is 0.329 e. The van der Waals surface area contributed by atoms with Gasteiger partial charge in [0.05, 0.1) is 31.0 Å². The zero-order chi connectivity index (χ0) is 55.2. The van der Waals surface area contributed by atoms with Crippen LogP contribution in [0.3, 0.4) is 0 Å². The molecule has 75 heavy (non-hydrogen) atoms. The molecule has 0 aromatic heterocycles. The number of likely N-dealkylation sites (tertiary alicyclic amines) is 1. The number of aliphatic hydroxyl groups is 3. The Morgan fingerprint density at radius 2 is 1.57 bits per heavy atom. The number of allylic oxidation sites excluding steroid dienone is 6. The number of aliphatic hydroxyl groups excluding tert-OH is 2. The second-order valence-electron chi connectivity index (χ2n) is 22.3. The largest absolute Gasteiger partial charge is 0.461 e. The van der Waals surface area contributed by atoms with Crippen LogP contribution in [0.2, 0.25) is 0 Å². The number of carbonyl (C=O) groups is 5. The maximum atomic E-state index is 14.1. The number of piperidine rings is 1. The standard InChI is InChI=1S/C59H95NO15/c1-38(32-42(5)53(63)55(70-10)54(64)43(6)33-40(3)44(7)62)18-12-11-13-19-39(2)51(73-37-46-24-30-71-31-25-46)36-48-20-16-26-59(68,75-48)56(65)57(66)60-27-15-14-21-49(60)58(67)74-45(8)41(4)34-47-22-23-50(52(35-47)69-9)72-29-17-28-61/h11-13,18-19,33,38,40-42,45-52,54-55,61,64,68H,14-17,20-32,34-37H2,1-10H3/b13-11+,18-12+,39-19+,43-33+/t38-,40-,41-,42-,45+,47+,48+,49+,50-,51?,52-,54-,55+,59-/m1/s1. The maximum Gasteiger partial charge on any atom is 0.329 e. The van der Waals surface area contributed by atoms with Gasteiger partial charge in [0, 0.05) is 71.9 Å². The van der Waals surface area contributed by atoms with Crippen molar-refractivity contribution in [1.29, 1.82) is 0 Å². The van der Waals surface area contributed by atoms with E-state index in [2.05, 4.69) is 6.92 Å². The Morgan fingerprint density at radius 1 is 0.840 bits per heavy atom. The molecule has 16 heteroatoms. The van der Waals surface area contributed by atoms with Crippen molar-refractivity contribution in [2.45, 2.75) is 206 Å². The summed E-state index contributed by atoms with van der Waals surface area (Å²) in [5.74, 6) is -5.23. The van der Waals surface area contributed by atoms with Crippen LogP contribution in [-0.4, -0.2) is 158 Å². The minimum absolute atomic E-state index is 0.0154. The number of ketones is 3. The van der Waals surface area contributed by atoms with Crippen LogP contribution in [0.1, 0.15) is 152 Å². The fourth-order valence-corrected chi connectivity index (χ4v) is 10.9. The number of amides is 1. The van der Waals surface area contributed by atoms with E-state index in [1.165, 1.54) is 18.9 Å². The minimum Gasteiger partial charge on any atom is -0.461 e. The number of Topliss-reactive ketones (excluding diaryl/α,β-unsaturated/α-hetero) is 3. The lowest BCUT2D eigenvalue weighted by molar-refractivity contribution is -0.245. The average Bonchev–Trinajstić information content (AvgIpc) is 3.39. The number of methoxy groups -OCH3 is 2. The van der Waals surface area contributed by atoms with Gasteiger partial charge in [-0.05, 0) is 146 Å². The van der Waals surface area contributed by atoms with Gasteiger partial charge in [-0.15, -0.1) is 0 Å². The molecule has 4 fully saturated rings. The van der Waals surface area contributed by atoms with Crippen molar-refractivity contribution in [3.63, 3.8) is 0 Å². The first-order chi connectivity index (χ1) is 35.7. The Bertz CT molecular complexity index is 1930. The van der Waals surface area contributed by atoms with Crippen molar-refractivity contribution < 1.29 is 72.5 Å². The van der Waals surface area contributed by atoms with Gasteiger partial charge >= 0.3 is 5.97 Å². The van der Waals surface area contributed by atoms with Crippen LogP contribution < -0.4 is 0 Å². The molecule has 16 nitrogen and oxygen atoms in total. The van der Waals surface area contributed by atoms with Gasteiger partial charge in [0.1, 0.15) is 30.1 Å². The zero-order valence-electron chi connectivity index (χ0n) is 47.1. The fourth-order valence-electron chi connectivity index (χ4n) is 10.9. The molecule has 3 heterocycles. The van der Waals surface area contributed by atoms with E-state index in [9.17, 15) is 34.2 Å². The van der Waals surface area contributed by atoms with Gasteiger partial charge in [-0.25, -0.2) is 4.79 Å². The highest BCUT2D eigenvalue weighted by Gasteiger charge is 2.49. The van der Waals surface area contributed by atoms with Crippen LogP contribution in [0, 0.1) is 35.5 Å². The number of carbonyl (C=O) groups excluding carboxylic acids is 5. The summed E-state index contributed by atoms with van der Waals surface area (Å²) in [6, 6.07) is -0.956. The molecule has 0 aromatic carbocycles. The number of hydrogen-bond acceptors (Lipinski definition) is 15. The first-order valence-corrected chi connectivity index (χ1v) is 28.1. The third-order valence-corrected chi connectivity index (χ3v) is 16.1. The molecule has 14 atom stereocenters. The lowest BCUT2D eigenvalue weighted by Crippen LogP contribution is -2.58. The normalized spacial score (nSPS) is 27.8. The Labute approximate surface area is 448 Å². The van der Waals surface area contributed by atoms with Gasteiger partial charge in [0.25, 0.3) is 11.7 Å². The van der Waals surface area contributed by atoms with E-state index in [0.717, 1.165) is 44.1 Å². The van der Waals surface area contributed by atoms with E-state index in [-0.39, 0.29) is 61.1 Å². The van der Waals surface area contributed by atoms with E-state index in [1.54, 1.807) is 27.0 Å². The maximum absolute atomic E-state index is 14.1. The summed E-state index contributed by atoms with van der Waals surface area (Å²) in [6.45, 7) is 17.3. The molecule has 0 spiro atoms. The number of nitrogens with zero attached hydrogens (tertiary/aromatic N) is 1. The number of esters is 1. The lowest BCUT2D eigenvalue weighted by Gasteiger charge is -2.40. The monoisotopic (exact) mass is 1060 g/mol. The van der Waals surface area contributed by atoms with E-state index in [1.807, 2.05) is 58.1 Å².